The van der Waals surface area contributed by atoms with Gasteiger partial charge in [-0.1, -0.05) is 0 Å². The van der Waals surface area contributed by atoms with Crippen molar-refractivity contribution in [3.8, 4) is 0 Å². The molecule has 102 valence electrons. The normalized spacial score (nSPS) is 12.3. The molecule has 0 aliphatic heterocycles. The van der Waals surface area contributed by atoms with Gasteiger partial charge in [0.2, 0.25) is 0 Å². The molecule has 0 bridgehead atoms. The first-order valence-electron chi connectivity index (χ1n) is 6.12. The van der Waals surface area contributed by atoms with Crippen molar-refractivity contribution in [1.29, 1.82) is 0 Å². The summed E-state index contributed by atoms with van der Waals surface area (Å²) in [6, 6.07) is -0.132. The van der Waals surface area contributed by atoms with Gasteiger partial charge in [0.05, 0.1) is 12.4 Å². The maximum absolute atomic E-state index is 11.8. The van der Waals surface area contributed by atoms with Crippen molar-refractivity contribution in [3.05, 3.63) is 34.8 Å². The summed E-state index contributed by atoms with van der Waals surface area (Å²) in [5.74, 6) is -0.145. The van der Waals surface area contributed by atoms with Crippen LogP contribution >= 0.6 is 11.3 Å². The van der Waals surface area contributed by atoms with E-state index < -0.39 is 0 Å². The van der Waals surface area contributed by atoms with Crippen molar-refractivity contribution < 1.29 is 4.79 Å². The molecule has 0 radical (unpaired) electrons. The van der Waals surface area contributed by atoms with Gasteiger partial charge in [-0.3, -0.25) is 4.79 Å². The van der Waals surface area contributed by atoms with Crippen LogP contribution < -0.4 is 11.1 Å². The molecular weight excluding hydrogens is 262 g/mol. The molecule has 1 unspecified atom stereocenters. The summed E-state index contributed by atoms with van der Waals surface area (Å²) in [6.07, 6.45) is 6.25. The summed E-state index contributed by atoms with van der Waals surface area (Å²) >= 11 is 1.41. The molecule has 2 aromatic heterocycles. The van der Waals surface area contributed by atoms with Crippen molar-refractivity contribution >= 4 is 17.2 Å². The van der Waals surface area contributed by atoms with Crippen LogP contribution in [0.4, 0.5) is 0 Å². The van der Waals surface area contributed by atoms with Crippen molar-refractivity contribution in [1.82, 2.24) is 19.9 Å². The van der Waals surface area contributed by atoms with Crippen molar-refractivity contribution in [2.24, 2.45) is 5.73 Å². The maximum atomic E-state index is 11.8. The van der Waals surface area contributed by atoms with Crippen LogP contribution in [0, 0.1) is 0 Å². The molecule has 2 rings (SSSR count). The van der Waals surface area contributed by atoms with Gasteiger partial charge in [-0.25, -0.2) is 9.97 Å². The third kappa shape index (κ3) is 3.87. The zero-order valence-corrected chi connectivity index (χ0v) is 11.6. The Morgan fingerprint density at radius 2 is 2.47 bits per heavy atom. The highest BCUT2D eigenvalue weighted by atomic mass is 32.1. The third-order valence-electron chi connectivity index (χ3n) is 2.58. The molecule has 0 saturated carbocycles. The first-order valence-corrected chi connectivity index (χ1v) is 6.99. The lowest BCUT2D eigenvalue weighted by molar-refractivity contribution is 0.0948. The highest BCUT2D eigenvalue weighted by molar-refractivity contribution is 7.09. The lowest BCUT2D eigenvalue weighted by Gasteiger charge is -2.04. The van der Waals surface area contributed by atoms with Gasteiger partial charge in [0, 0.05) is 30.9 Å². The molecule has 6 nitrogen and oxygen atoms in total. The first kappa shape index (κ1) is 13.7. The highest BCUT2D eigenvalue weighted by Crippen LogP contribution is 2.15. The quantitative estimate of drug-likeness (QED) is 0.777. The Morgan fingerprint density at radius 1 is 1.63 bits per heavy atom. The van der Waals surface area contributed by atoms with E-state index in [9.17, 15) is 4.79 Å². The molecule has 1 amide bonds. The number of hydrogen-bond acceptors (Lipinski definition) is 5. The van der Waals surface area contributed by atoms with Gasteiger partial charge >= 0.3 is 0 Å². The summed E-state index contributed by atoms with van der Waals surface area (Å²) in [6.45, 7) is 3.30. The Labute approximate surface area is 115 Å². The molecule has 3 N–H and O–H groups in total. The average Bonchev–Trinajstić information content (AvgIpc) is 3.05. The van der Waals surface area contributed by atoms with Gasteiger partial charge in [-0.15, -0.1) is 11.3 Å². The number of amides is 1. The van der Waals surface area contributed by atoms with E-state index in [0.717, 1.165) is 18.0 Å². The lowest BCUT2D eigenvalue weighted by atomic mass is 10.3. The maximum Gasteiger partial charge on any atom is 0.270 e. The van der Waals surface area contributed by atoms with Crippen LogP contribution in [0.5, 0.6) is 0 Å². The molecule has 0 spiro atoms. The van der Waals surface area contributed by atoms with E-state index in [-0.39, 0.29) is 11.9 Å². The van der Waals surface area contributed by atoms with Crippen molar-refractivity contribution in [3.63, 3.8) is 0 Å². The minimum Gasteiger partial charge on any atom is -0.351 e. The molecule has 0 aromatic carbocycles. The Kier molecular flexibility index (Phi) is 4.64. The van der Waals surface area contributed by atoms with Crippen LogP contribution in [0.15, 0.2) is 24.1 Å². The highest BCUT2D eigenvalue weighted by Gasteiger charge is 2.11. The molecule has 2 heterocycles. The zero-order chi connectivity index (χ0) is 13.7. The molecule has 0 aliphatic carbocycles. The van der Waals surface area contributed by atoms with Crippen molar-refractivity contribution in [2.45, 2.75) is 25.9 Å². The third-order valence-corrected chi connectivity index (χ3v) is 3.63. The molecular formula is C12H17N5OS. The summed E-state index contributed by atoms with van der Waals surface area (Å²) in [5, 5.41) is 5.37. The smallest absolute Gasteiger partial charge is 0.270 e. The average molecular weight is 279 g/mol. The number of carbonyl (C=O) groups is 1. The number of carbonyl (C=O) groups excluding carboxylic acids is 1. The van der Waals surface area contributed by atoms with Gasteiger partial charge in [-0.05, 0) is 13.3 Å². The number of rotatable bonds is 6. The number of thiazole rings is 1. The first-order chi connectivity index (χ1) is 9.16. The van der Waals surface area contributed by atoms with E-state index in [1.54, 1.807) is 17.9 Å². The van der Waals surface area contributed by atoms with Crippen molar-refractivity contribution in [2.75, 3.05) is 6.54 Å². The van der Waals surface area contributed by atoms with Crippen LogP contribution in [0.25, 0.3) is 0 Å². The predicted molar refractivity (Wildman–Crippen MR) is 73.9 cm³/mol. The monoisotopic (exact) mass is 279 g/mol. The summed E-state index contributed by atoms with van der Waals surface area (Å²) < 4.78 is 1.98. The van der Waals surface area contributed by atoms with E-state index in [1.807, 2.05) is 17.7 Å². The molecule has 19 heavy (non-hydrogen) atoms. The second kappa shape index (κ2) is 6.44. The van der Waals surface area contributed by atoms with E-state index >= 15 is 0 Å². The standard InChI is InChI=1S/C12H17N5OS/c1-9(13)12-16-10(7-19-12)11(18)15-3-2-5-17-6-4-14-8-17/h4,6-9H,2-3,5,13H2,1H3,(H,15,18). The van der Waals surface area contributed by atoms with Gasteiger partial charge in [0.1, 0.15) is 10.7 Å². The Hall–Kier alpha value is -1.73. The molecule has 1 atom stereocenters. The Morgan fingerprint density at radius 3 is 3.11 bits per heavy atom. The second-order valence-electron chi connectivity index (χ2n) is 4.27. The van der Waals surface area contributed by atoms with E-state index in [4.69, 9.17) is 5.73 Å². The van der Waals surface area contributed by atoms with E-state index in [0.29, 0.717) is 12.2 Å². The predicted octanol–water partition coefficient (Wildman–Crippen LogP) is 1.18. The van der Waals surface area contributed by atoms with Crippen LogP contribution in [0.3, 0.4) is 0 Å². The Bertz CT molecular complexity index is 520. The van der Waals surface area contributed by atoms with Crippen LogP contribution in [-0.2, 0) is 6.54 Å². The summed E-state index contributed by atoms with van der Waals surface area (Å²) in [4.78, 5) is 20.0. The number of nitrogens with two attached hydrogens (primary N) is 1. The number of imidazole rings is 1. The molecule has 0 fully saturated rings. The number of hydrogen-bond donors (Lipinski definition) is 2. The fourth-order valence-electron chi connectivity index (χ4n) is 1.57. The van der Waals surface area contributed by atoms with Crippen LogP contribution in [0.1, 0.15) is 34.9 Å². The summed E-state index contributed by atoms with van der Waals surface area (Å²) in [7, 11) is 0. The fourth-order valence-corrected chi connectivity index (χ4v) is 2.33. The SMILES string of the molecule is CC(N)c1nc(C(=O)NCCCn2ccnc2)cs1. The minimum absolute atomic E-state index is 0.132. The molecule has 2 aromatic rings. The van der Waals surface area contributed by atoms with Crippen LogP contribution in [0.2, 0.25) is 0 Å². The fraction of sp³-hybridized carbons (Fsp3) is 0.417. The van der Waals surface area contributed by atoms with Gasteiger partial charge in [0.15, 0.2) is 0 Å². The summed E-state index contributed by atoms with van der Waals surface area (Å²) in [5.41, 5.74) is 6.15. The molecule has 0 aliphatic rings. The lowest BCUT2D eigenvalue weighted by Crippen LogP contribution is -2.25. The second-order valence-corrected chi connectivity index (χ2v) is 5.16. The number of nitrogens with one attached hydrogen (secondary N) is 1. The van der Waals surface area contributed by atoms with Gasteiger partial charge < -0.3 is 15.6 Å². The molecule has 0 saturated heterocycles. The van der Waals surface area contributed by atoms with Gasteiger partial charge in [0.25, 0.3) is 5.91 Å². The van der Waals surface area contributed by atoms with E-state index in [1.165, 1.54) is 11.3 Å². The van der Waals surface area contributed by atoms with Gasteiger partial charge in [-0.2, -0.15) is 0 Å². The molecule has 7 heteroatoms. The number of nitrogens with zero attached hydrogens (tertiary/aromatic N) is 3. The number of aryl methyl sites for hydroxylation is 1. The largest absolute Gasteiger partial charge is 0.351 e. The zero-order valence-electron chi connectivity index (χ0n) is 10.7. The van der Waals surface area contributed by atoms with Crippen LogP contribution in [-0.4, -0.2) is 27.0 Å². The van der Waals surface area contributed by atoms with E-state index in [2.05, 4.69) is 15.3 Å². The Balaban J connectivity index is 1.74. The topological polar surface area (TPSA) is 85.8 Å². The number of aromatic nitrogens is 3. The minimum atomic E-state index is -0.145.